The zero-order valence-corrected chi connectivity index (χ0v) is 8.32. The average Bonchev–Trinajstić information content (AvgIpc) is 2.12. The third-order valence-electron chi connectivity index (χ3n) is 1.71. The van der Waals surface area contributed by atoms with Crippen molar-refractivity contribution in [1.82, 2.24) is 4.90 Å². The topological polar surface area (TPSA) is 87.2 Å². The molecule has 0 saturated heterocycles. The van der Waals surface area contributed by atoms with E-state index in [9.17, 15) is 9.59 Å². The third-order valence-corrected chi connectivity index (χ3v) is 1.71. The van der Waals surface area contributed by atoms with E-state index < -0.39 is 5.91 Å². The van der Waals surface area contributed by atoms with Gasteiger partial charge in [-0.2, -0.15) is 5.26 Å². The van der Waals surface area contributed by atoms with Gasteiger partial charge < -0.3 is 10.6 Å². The van der Waals surface area contributed by atoms with E-state index in [1.165, 1.54) is 4.90 Å². The fraction of sp³-hybridized carbons (Fsp3) is 0.667. The van der Waals surface area contributed by atoms with Crippen LogP contribution in [-0.4, -0.2) is 29.8 Å². The highest BCUT2D eigenvalue weighted by atomic mass is 16.2. The number of nitrogens with two attached hydrogens (primary N) is 1. The molecule has 78 valence electrons. The van der Waals surface area contributed by atoms with Crippen molar-refractivity contribution in [2.24, 2.45) is 5.73 Å². The number of nitrogens with zero attached hydrogens (tertiary/aromatic N) is 2. The van der Waals surface area contributed by atoms with Crippen LogP contribution in [0.15, 0.2) is 0 Å². The van der Waals surface area contributed by atoms with Crippen molar-refractivity contribution in [2.75, 3.05) is 13.1 Å². The van der Waals surface area contributed by atoms with Crippen LogP contribution in [-0.2, 0) is 9.59 Å². The third kappa shape index (κ3) is 5.14. The van der Waals surface area contributed by atoms with E-state index in [2.05, 4.69) is 0 Å². The molecular weight excluding hydrogens is 182 g/mol. The van der Waals surface area contributed by atoms with Gasteiger partial charge in [0.15, 0.2) is 0 Å². The smallest absolute Gasteiger partial charge is 0.237 e. The van der Waals surface area contributed by atoms with Crippen LogP contribution >= 0.6 is 0 Å². The van der Waals surface area contributed by atoms with Gasteiger partial charge in [-0.25, -0.2) is 0 Å². The van der Waals surface area contributed by atoms with Crippen LogP contribution in [0.3, 0.4) is 0 Å². The molecule has 0 bridgehead atoms. The van der Waals surface area contributed by atoms with Crippen LogP contribution in [0, 0.1) is 11.3 Å². The van der Waals surface area contributed by atoms with Crippen LogP contribution in [0.25, 0.3) is 0 Å². The second-order valence-corrected chi connectivity index (χ2v) is 2.97. The van der Waals surface area contributed by atoms with Crippen LogP contribution in [0.5, 0.6) is 0 Å². The van der Waals surface area contributed by atoms with Gasteiger partial charge in [-0.05, 0) is 6.42 Å². The molecule has 0 radical (unpaired) electrons. The van der Waals surface area contributed by atoms with Gasteiger partial charge in [0.25, 0.3) is 0 Å². The number of nitriles is 1. The molecule has 0 aliphatic carbocycles. The lowest BCUT2D eigenvalue weighted by molar-refractivity contribution is -0.134. The fourth-order valence-electron chi connectivity index (χ4n) is 1.01. The normalized spacial score (nSPS) is 9.14. The number of amides is 2. The van der Waals surface area contributed by atoms with E-state index in [0.717, 1.165) is 12.8 Å². The lowest BCUT2D eigenvalue weighted by atomic mass is 10.3. The van der Waals surface area contributed by atoms with Gasteiger partial charge in [0.1, 0.15) is 6.42 Å². The molecular formula is C9H15N3O2. The van der Waals surface area contributed by atoms with E-state index in [1.54, 1.807) is 6.07 Å². The lowest BCUT2D eigenvalue weighted by Crippen LogP contribution is -2.38. The Balaban J connectivity index is 4.16. The van der Waals surface area contributed by atoms with Crippen molar-refractivity contribution < 1.29 is 9.59 Å². The predicted molar refractivity (Wildman–Crippen MR) is 50.9 cm³/mol. The monoisotopic (exact) mass is 197 g/mol. The van der Waals surface area contributed by atoms with E-state index in [4.69, 9.17) is 11.0 Å². The number of hydrogen-bond donors (Lipinski definition) is 1. The van der Waals surface area contributed by atoms with Crippen molar-refractivity contribution in [3.05, 3.63) is 0 Å². The van der Waals surface area contributed by atoms with Crippen molar-refractivity contribution in [3.63, 3.8) is 0 Å². The lowest BCUT2D eigenvalue weighted by Gasteiger charge is -2.19. The molecule has 14 heavy (non-hydrogen) atoms. The van der Waals surface area contributed by atoms with Crippen LogP contribution in [0.2, 0.25) is 0 Å². The summed E-state index contributed by atoms with van der Waals surface area (Å²) in [7, 11) is 0. The summed E-state index contributed by atoms with van der Waals surface area (Å²) in [5.74, 6) is -0.882. The van der Waals surface area contributed by atoms with E-state index >= 15 is 0 Å². The first-order valence-electron chi connectivity index (χ1n) is 4.54. The molecule has 0 aliphatic heterocycles. The van der Waals surface area contributed by atoms with Gasteiger partial charge in [0.2, 0.25) is 11.8 Å². The van der Waals surface area contributed by atoms with Crippen LogP contribution in [0.1, 0.15) is 26.2 Å². The summed E-state index contributed by atoms with van der Waals surface area (Å²) in [5.41, 5.74) is 4.98. The number of primary amides is 1. The Morgan fingerprint density at radius 1 is 1.50 bits per heavy atom. The van der Waals surface area contributed by atoms with E-state index in [1.807, 2.05) is 6.92 Å². The van der Waals surface area contributed by atoms with Gasteiger partial charge in [-0.1, -0.05) is 13.3 Å². The number of rotatable bonds is 6. The molecule has 5 nitrogen and oxygen atoms in total. The van der Waals surface area contributed by atoms with Gasteiger partial charge in [-0.3, -0.25) is 9.59 Å². The SMILES string of the molecule is CCCCN(CC(N)=O)C(=O)CC#N. The molecule has 0 aromatic rings. The maximum atomic E-state index is 11.3. The Kier molecular flexibility index (Phi) is 6.12. The predicted octanol–water partition coefficient (Wildman–Crippen LogP) is 0.0141. The Bertz CT molecular complexity index is 245. The second-order valence-electron chi connectivity index (χ2n) is 2.97. The standard InChI is InChI=1S/C9H15N3O2/c1-2-3-6-12(7-8(11)13)9(14)4-5-10/h2-4,6-7H2,1H3,(H2,11,13). The summed E-state index contributed by atoms with van der Waals surface area (Å²) < 4.78 is 0. The largest absolute Gasteiger partial charge is 0.368 e. The van der Waals surface area contributed by atoms with Crippen molar-refractivity contribution in [3.8, 4) is 6.07 Å². The number of hydrogen-bond acceptors (Lipinski definition) is 3. The highest BCUT2D eigenvalue weighted by Crippen LogP contribution is 1.97. The fourth-order valence-corrected chi connectivity index (χ4v) is 1.01. The van der Waals surface area contributed by atoms with Crippen molar-refractivity contribution >= 4 is 11.8 Å². The maximum Gasteiger partial charge on any atom is 0.237 e. The summed E-state index contributed by atoms with van der Waals surface area (Å²) in [5, 5.41) is 8.33. The zero-order valence-electron chi connectivity index (χ0n) is 8.32. The molecule has 0 atom stereocenters. The Labute approximate surface area is 83.5 Å². The second kappa shape index (κ2) is 6.89. The quantitative estimate of drug-likeness (QED) is 0.650. The van der Waals surface area contributed by atoms with Gasteiger partial charge >= 0.3 is 0 Å². The number of carbonyl (C=O) groups excluding carboxylic acids is 2. The average molecular weight is 197 g/mol. The first-order chi connectivity index (χ1) is 6.61. The molecule has 0 spiro atoms. The minimum absolute atomic E-state index is 0.0967. The van der Waals surface area contributed by atoms with Crippen molar-refractivity contribution in [1.29, 1.82) is 5.26 Å². The zero-order chi connectivity index (χ0) is 11.0. The Morgan fingerprint density at radius 3 is 2.57 bits per heavy atom. The highest BCUT2D eigenvalue weighted by Gasteiger charge is 2.14. The maximum absolute atomic E-state index is 11.3. The highest BCUT2D eigenvalue weighted by molar-refractivity contribution is 5.84. The molecule has 0 aliphatic rings. The van der Waals surface area contributed by atoms with Gasteiger partial charge in [0, 0.05) is 6.54 Å². The van der Waals surface area contributed by atoms with Crippen LogP contribution in [0.4, 0.5) is 0 Å². The summed E-state index contributed by atoms with van der Waals surface area (Å²) >= 11 is 0. The molecule has 0 aromatic heterocycles. The number of carbonyl (C=O) groups is 2. The molecule has 2 N–H and O–H groups in total. The molecule has 0 rings (SSSR count). The minimum Gasteiger partial charge on any atom is -0.368 e. The summed E-state index contributed by atoms with van der Waals surface area (Å²) in [6, 6.07) is 1.75. The first kappa shape index (κ1) is 12.4. The van der Waals surface area contributed by atoms with Crippen LogP contribution < -0.4 is 5.73 Å². The molecule has 0 heterocycles. The summed E-state index contributed by atoms with van der Waals surface area (Å²) in [4.78, 5) is 23.2. The van der Waals surface area contributed by atoms with Gasteiger partial charge in [-0.15, -0.1) is 0 Å². The Hall–Kier alpha value is -1.57. The molecule has 0 saturated carbocycles. The van der Waals surface area contributed by atoms with Crippen molar-refractivity contribution in [2.45, 2.75) is 26.2 Å². The minimum atomic E-state index is -0.549. The van der Waals surface area contributed by atoms with Gasteiger partial charge in [0.05, 0.1) is 12.6 Å². The summed E-state index contributed by atoms with van der Waals surface area (Å²) in [6.07, 6.45) is 1.54. The molecule has 2 amide bonds. The Morgan fingerprint density at radius 2 is 2.14 bits per heavy atom. The molecule has 0 unspecified atom stereocenters. The summed E-state index contributed by atoms with van der Waals surface area (Å²) in [6.45, 7) is 2.37. The first-order valence-corrected chi connectivity index (χ1v) is 4.54. The molecule has 0 aromatic carbocycles. The van der Waals surface area contributed by atoms with E-state index in [0.29, 0.717) is 6.54 Å². The number of unbranched alkanes of at least 4 members (excludes halogenated alkanes) is 1. The molecule has 0 fully saturated rings. The molecule has 5 heteroatoms. The van der Waals surface area contributed by atoms with E-state index in [-0.39, 0.29) is 18.9 Å².